The van der Waals surface area contributed by atoms with E-state index >= 15 is 0 Å². The summed E-state index contributed by atoms with van der Waals surface area (Å²) in [6, 6.07) is 69.0. The SMILES string of the molecule is CC1(C)c2ccccc2-n2c3ccccc3c3cc(-c4cccc(-c5nc(-c6ccccc6)nc(-c6ccc(-c7ccc(-c8ccccc8)cc7)cc6)n5)c4)cc1c32. The average molecular weight is 743 g/mol. The maximum absolute atomic E-state index is 5.14. The van der Waals surface area contributed by atoms with Gasteiger partial charge < -0.3 is 4.57 Å². The van der Waals surface area contributed by atoms with Gasteiger partial charge in [0.15, 0.2) is 17.5 Å². The van der Waals surface area contributed by atoms with Gasteiger partial charge in [-0.05, 0) is 74.8 Å². The Morgan fingerprint density at radius 1 is 0.345 bits per heavy atom. The third-order valence-electron chi connectivity index (χ3n) is 11.9. The molecule has 0 spiro atoms. The lowest BCUT2D eigenvalue weighted by molar-refractivity contribution is 0.630. The molecule has 0 atom stereocenters. The van der Waals surface area contributed by atoms with Crippen LogP contribution in [0.3, 0.4) is 0 Å². The van der Waals surface area contributed by atoms with Crippen LogP contribution in [0.4, 0.5) is 0 Å². The Balaban J connectivity index is 1.01. The van der Waals surface area contributed by atoms with Gasteiger partial charge in [-0.1, -0.05) is 178 Å². The summed E-state index contributed by atoms with van der Waals surface area (Å²) < 4.78 is 2.46. The van der Waals surface area contributed by atoms with Crippen molar-refractivity contribution >= 4 is 21.8 Å². The molecule has 0 amide bonds. The third kappa shape index (κ3) is 5.56. The Hall–Kier alpha value is -7.43. The molecule has 1 aliphatic rings. The zero-order valence-electron chi connectivity index (χ0n) is 32.3. The summed E-state index contributed by atoms with van der Waals surface area (Å²) in [7, 11) is 0. The summed E-state index contributed by atoms with van der Waals surface area (Å²) in [6.07, 6.45) is 0. The van der Waals surface area contributed by atoms with Crippen LogP contribution < -0.4 is 0 Å². The molecule has 0 aliphatic carbocycles. The van der Waals surface area contributed by atoms with Crippen LogP contribution in [0.25, 0.3) is 95.0 Å². The first-order chi connectivity index (χ1) is 28.5. The standard InChI is InChI=1S/C54H38N4/c1-54(2)46-21-10-12-23-49(46)58-48-22-11-9-20-44(48)45-33-43(34-47(54)50(45)58)41-18-13-19-42(32-41)53-56-51(39-16-7-4-8-17-39)55-52(57-53)40-30-28-38(29-31-40)37-26-24-36(25-27-37)35-14-5-3-6-15-35/h3-34H,1-2H3. The molecular weight excluding hydrogens is 705 g/mol. The monoisotopic (exact) mass is 742 g/mol. The zero-order valence-corrected chi connectivity index (χ0v) is 32.3. The van der Waals surface area contributed by atoms with E-state index in [0.717, 1.165) is 33.4 Å². The van der Waals surface area contributed by atoms with Gasteiger partial charge in [0, 0.05) is 32.9 Å². The minimum atomic E-state index is -0.193. The van der Waals surface area contributed by atoms with Crippen molar-refractivity contribution in [2.45, 2.75) is 19.3 Å². The quantitative estimate of drug-likeness (QED) is 0.170. The minimum Gasteiger partial charge on any atom is -0.309 e. The lowest BCUT2D eigenvalue weighted by atomic mass is 9.74. The molecule has 0 saturated heterocycles. The molecule has 8 aromatic carbocycles. The van der Waals surface area contributed by atoms with Crippen molar-refractivity contribution < 1.29 is 0 Å². The number of rotatable bonds is 6. The van der Waals surface area contributed by atoms with E-state index in [1.807, 2.05) is 24.3 Å². The van der Waals surface area contributed by atoms with Gasteiger partial charge in [0.1, 0.15) is 0 Å². The molecule has 4 heteroatoms. The number of aromatic nitrogens is 4. The normalized spacial score (nSPS) is 12.8. The molecule has 0 bridgehead atoms. The number of hydrogen-bond acceptors (Lipinski definition) is 3. The van der Waals surface area contributed by atoms with Crippen LogP contribution in [-0.2, 0) is 5.41 Å². The van der Waals surface area contributed by atoms with E-state index in [-0.39, 0.29) is 5.41 Å². The summed E-state index contributed by atoms with van der Waals surface area (Å²) in [5.74, 6) is 1.92. The Bertz CT molecular complexity index is 3160. The second-order valence-corrected chi connectivity index (χ2v) is 15.7. The second-order valence-electron chi connectivity index (χ2n) is 15.7. The molecule has 0 saturated carbocycles. The summed E-state index contributed by atoms with van der Waals surface area (Å²) >= 11 is 0. The van der Waals surface area contributed by atoms with Crippen LogP contribution in [0.2, 0.25) is 0 Å². The van der Waals surface area contributed by atoms with Crippen LogP contribution in [0.5, 0.6) is 0 Å². The van der Waals surface area contributed by atoms with Crippen molar-refractivity contribution in [3.63, 3.8) is 0 Å². The van der Waals surface area contributed by atoms with Crippen molar-refractivity contribution in [3.8, 4) is 73.2 Å². The second kappa shape index (κ2) is 13.4. The molecule has 3 heterocycles. The molecular formula is C54H38N4. The van der Waals surface area contributed by atoms with Gasteiger partial charge in [-0.25, -0.2) is 15.0 Å². The molecule has 0 fully saturated rings. The van der Waals surface area contributed by atoms with Gasteiger partial charge in [-0.2, -0.15) is 0 Å². The summed E-state index contributed by atoms with van der Waals surface area (Å²) in [5.41, 5.74) is 16.1. The molecule has 10 aromatic rings. The summed E-state index contributed by atoms with van der Waals surface area (Å²) in [6.45, 7) is 4.71. The summed E-state index contributed by atoms with van der Waals surface area (Å²) in [5, 5.41) is 2.52. The van der Waals surface area contributed by atoms with Gasteiger partial charge in [-0.3, -0.25) is 0 Å². The Morgan fingerprint density at radius 2 is 0.828 bits per heavy atom. The Morgan fingerprint density at radius 3 is 1.50 bits per heavy atom. The van der Waals surface area contributed by atoms with E-state index in [1.54, 1.807) is 0 Å². The predicted molar refractivity (Wildman–Crippen MR) is 239 cm³/mol. The number of fused-ring (bicyclic) bond motifs is 5. The van der Waals surface area contributed by atoms with E-state index in [1.165, 1.54) is 55.3 Å². The van der Waals surface area contributed by atoms with Crippen molar-refractivity contribution in [2.24, 2.45) is 0 Å². The van der Waals surface area contributed by atoms with Gasteiger partial charge in [-0.15, -0.1) is 0 Å². The van der Waals surface area contributed by atoms with Crippen molar-refractivity contribution in [1.82, 2.24) is 19.5 Å². The Labute approximate surface area is 337 Å². The largest absolute Gasteiger partial charge is 0.309 e. The average Bonchev–Trinajstić information content (AvgIpc) is 3.63. The highest BCUT2D eigenvalue weighted by Crippen LogP contribution is 2.49. The van der Waals surface area contributed by atoms with E-state index in [0.29, 0.717) is 17.5 Å². The minimum absolute atomic E-state index is 0.193. The van der Waals surface area contributed by atoms with Gasteiger partial charge >= 0.3 is 0 Å². The van der Waals surface area contributed by atoms with E-state index in [4.69, 9.17) is 15.0 Å². The molecule has 58 heavy (non-hydrogen) atoms. The fourth-order valence-corrected chi connectivity index (χ4v) is 8.82. The molecule has 1 aliphatic heterocycles. The van der Waals surface area contributed by atoms with Crippen LogP contribution in [0.15, 0.2) is 194 Å². The highest BCUT2D eigenvalue weighted by molar-refractivity contribution is 6.13. The van der Waals surface area contributed by atoms with Gasteiger partial charge in [0.25, 0.3) is 0 Å². The number of benzene rings is 8. The zero-order chi connectivity index (χ0) is 38.8. The van der Waals surface area contributed by atoms with Gasteiger partial charge in [0.05, 0.1) is 16.7 Å². The molecule has 4 nitrogen and oxygen atoms in total. The molecule has 0 N–H and O–H groups in total. The number of hydrogen-bond donors (Lipinski definition) is 0. The first-order valence-corrected chi connectivity index (χ1v) is 19.9. The van der Waals surface area contributed by atoms with Gasteiger partial charge in [0.2, 0.25) is 0 Å². The van der Waals surface area contributed by atoms with Crippen LogP contribution in [-0.4, -0.2) is 19.5 Å². The fourth-order valence-electron chi connectivity index (χ4n) is 8.82. The molecule has 0 radical (unpaired) electrons. The third-order valence-corrected chi connectivity index (χ3v) is 11.9. The van der Waals surface area contributed by atoms with Crippen LogP contribution in [0.1, 0.15) is 25.0 Å². The molecule has 2 aromatic heterocycles. The molecule has 0 unspecified atom stereocenters. The molecule has 11 rings (SSSR count). The Kier molecular flexibility index (Phi) is 7.80. The lowest BCUT2D eigenvalue weighted by Crippen LogP contribution is -2.26. The first kappa shape index (κ1) is 33.9. The van der Waals surface area contributed by atoms with Crippen LogP contribution >= 0.6 is 0 Å². The topological polar surface area (TPSA) is 43.6 Å². The summed E-state index contributed by atoms with van der Waals surface area (Å²) in [4.78, 5) is 15.3. The number of para-hydroxylation sites is 2. The number of nitrogens with zero attached hydrogens (tertiary/aromatic N) is 4. The maximum Gasteiger partial charge on any atom is 0.164 e. The molecule has 274 valence electrons. The van der Waals surface area contributed by atoms with E-state index in [2.05, 4.69) is 188 Å². The van der Waals surface area contributed by atoms with Crippen molar-refractivity contribution in [2.75, 3.05) is 0 Å². The smallest absolute Gasteiger partial charge is 0.164 e. The maximum atomic E-state index is 5.14. The highest BCUT2D eigenvalue weighted by Gasteiger charge is 2.35. The predicted octanol–water partition coefficient (Wildman–Crippen LogP) is 13.6. The fraction of sp³-hybridized carbons (Fsp3) is 0.0556. The lowest BCUT2D eigenvalue weighted by Gasteiger charge is -2.35. The van der Waals surface area contributed by atoms with Crippen LogP contribution in [0, 0.1) is 0 Å². The first-order valence-electron chi connectivity index (χ1n) is 19.9. The van der Waals surface area contributed by atoms with Crippen molar-refractivity contribution in [1.29, 1.82) is 0 Å². The van der Waals surface area contributed by atoms with E-state index < -0.39 is 0 Å². The van der Waals surface area contributed by atoms with Crippen molar-refractivity contribution in [3.05, 3.63) is 205 Å². The van der Waals surface area contributed by atoms with E-state index in [9.17, 15) is 0 Å². The highest BCUT2D eigenvalue weighted by atomic mass is 15.0.